The minimum absolute atomic E-state index is 0.683. The van der Waals surface area contributed by atoms with Gasteiger partial charge in [0.25, 0.3) is 0 Å². The van der Waals surface area contributed by atoms with Gasteiger partial charge in [-0.2, -0.15) is 0 Å². The predicted octanol–water partition coefficient (Wildman–Crippen LogP) is 4.12. The Hall–Kier alpha value is -0.950. The third-order valence-electron chi connectivity index (χ3n) is 3.05. The van der Waals surface area contributed by atoms with Crippen molar-refractivity contribution in [3.8, 4) is 0 Å². The summed E-state index contributed by atoms with van der Waals surface area (Å²) in [6.45, 7) is 5.27. The molecule has 0 aromatic heterocycles. The summed E-state index contributed by atoms with van der Waals surface area (Å²) in [6, 6.07) is 6.20. The molecule has 0 bridgehead atoms. The molecule has 1 aliphatic heterocycles. The first-order valence-electron chi connectivity index (χ1n) is 5.62. The Bertz CT molecular complexity index is 423. The molecule has 0 saturated heterocycles. The van der Waals surface area contributed by atoms with Crippen molar-refractivity contribution in [2.45, 2.75) is 20.3 Å². The van der Waals surface area contributed by atoms with Crippen LogP contribution in [0.5, 0.6) is 0 Å². The highest BCUT2D eigenvalue weighted by Gasteiger charge is 2.16. The maximum Gasteiger partial charge on any atom is 0.0441 e. The fourth-order valence-corrected chi connectivity index (χ4v) is 2.22. The monoisotopic (exact) mass is 234 g/mol. The molecule has 1 nitrogen and oxygen atoms in total. The third kappa shape index (κ3) is 2.25. The number of rotatable bonds is 1. The first-order chi connectivity index (χ1) is 7.58. The van der Waals surface area contributed by atoms with E-state index in [-0.39, 0.29) is 0 Å². The summed E-state index contributed by atoms with van der Waals surface area (Å²) in [5.74, 6) is 0.683. The molecule has 85 valence electrons. The van der Waals surface area contributed by atoms with Gasteiger partial charge in [-0.3, -0.25) is 0 Å². The summed E-state index contributed by atoms with van der Waals surface area (Å²) >= 11 is 6.14. The van der Waals surface area contributed by atoms with Crippen LogP contribution in [0.2, 0.25) is 5.02 Å². The zero-order chi connectivity index (χ0) is 11.7. The zero-order valence-corrected chi connectivity index (χ0v) is 10.6. The topological polar surface area (TPSA) is 3.24 Å². The van der Waals surface area contributed by atoms with Gasteiger partial charge in [-0.25, -0.2) is 0 Å². The Morgan fingerprint density at radius 3 is 2.81 bits per heavy atom. The predicted molar refractivity (Wildman–Crippen MR) is 70.0 cm³/mol. The molecule has 0 N–H and O–H groups in total. The zero-order valence-electron chi connectivity index (χ0n) is 9.83. The van der Waals surface area contributed by atoms with Crippen molar-refractivity contribution >= 4 is 17.3 Å². The van der Waals surface area contributed by atoms with E-state index < -0.39 is 0 Å². The Balaban J connectivity index is 2.33. The van der Waals surface area contributed by atoms with Crippen molar-refractivity contribution in [1.82, 2.24) is 4.90 Å². The molecule has 16 heavy (non-hydrogen) atoms. The summed E-state index contributed by atoms with van der Waals surface area (Å²) in [5, 5.41) is 0.824. The lowest BCUT2D eigenvalue weighted by Crippen LogP contribution is -2.24. The minimum atomic E-state index is 0.683. The van der Waals surface area contributed by atoms with Crippen molar-refractivity contribution in [3.05, 3.63) is 47.5 Å². The number of allylic oxidation sites excluding steroid dienone is 1. The molecule has 0 saturated carbocycles. The van der Waals surface area contributed by atoms with E-state index >= 15 is 0 Å². The largest absolute Gasteiger partial charge is 0.369 e. The van der Waals surface area contributed by atoms with E-state index in [0.717, 1.165) is 29.1 Å². The molecule has 0 spiro atoms. The molecule has 2 heteroatoms. The second-order valence-electron chi connectivity index (χ2n) is 4.62. The Morgan fingerprint density at radius 1 is 1.44 bits per heavy atom. The van der Waals surface area contributed by atoms with Crippen molar-refractivity contribution in [2.24, 2.45) is 5.92 Å². The second kappa shape index (κ2) is 4.50. The fraction of sp³-hybridized carbons (Fsp3) is 0.357. The van der Waals surface area contributed by atoms with E-state index in [1.807, 2.05) is 13.0 Å². The van der Waals surface area contributed by atoms with Gasteiger partial charge < -0.3 is 4.90 Å². The molecule has 1 aromatic carbocycles. The highest BCUT2D eigenvalue weighted by Crippen LogP contribution is 2.29. The molecule has 0 amide bonds. The van der Waals surface area contributed by atoms with Crippen molar-refractivity contribution in [3.63, 3.8) is 0 Å². The van der Waals surface area contributed by atoms with Crippen LogP contribution < -0.4 is 0 Å². The quantitative estimate of drug-likeness (QED) is 0.707. The molecule has 0 fully saturated rings. The van der Waals surface area contributed by atoms with Gasteiger partial charge >= 0.3 is 0 Å². The van der Waals surface area contributed by atoms with Crippen LogP contribution >= 0.6 is 11.6 Å². The van der Waals surface area contributed by atoms with Gasteiger partial charge in [-0.15, -0.1) is 0 Å². The van der Waals surface area contributed by atoms with Gasteiger partial charge in [-0.1, -0.05) is 36.7 Å². The molecule has 1 aliphatic rings. The molecule has 0 aliphatic carbocycles. The Labute approximate surface area is 103 Å². The fourth-order valence-electron chi connectivity index (χ4n) is 2.04. The number of benzene rings is 1. The van der Waals surface area contributed by atoms with Crippen LogP contribution in [0.3, 0.4) is 0 Å². The second-order valence-corrected chi connectivity index (χ2v) is 5.02. The van der Waals surface area contributed by atoms with E-state index in [9.17, 15) is 0 Å². The highest BCUT2D eigenvalue weighted by molar-refractivity contribution is 6.31. The van der Waals surface area contributed by atoms with E-state index in [4.69, 9.17) is 11.6 Å². The summed E-state index contributed by atoms with van der Waals surface area (Å²) in [6.07, 6.45) is 3.37. The number of halogens is 1. The molecule has 2 rings (SSSR count). The molecule has 1 unspecified atom stereocenters. The van der Waals surface area contributed by atoms with E-state index in [2.05, 4.69) is 37.1 Å². The summed E-state index contributed by atoms with van der Waals surface area (Å²) in [4.78, 5) is 2.06. The maximum atomic E-state index is 6.14. The number of aryl methyl sites for hydroxylation is 1. The first kappa shape index (κ1) is 11.5. The Morgan fingerprint density at radius 2 is 2.19 bits per heavy atom. The minimum Gasteiger partial charge on any atom is -0.369 e. The smallest absolute Gasteiger partial charge is 0.0441 e. The molecule has 1 aromatic rings. The van der Waals surface area contributed by atoms with Gasteiger partial charge in [0.15, 0.2) is 0 Å². The van der Waals surface area contributed by atoms with Gasteiger partial charge in [0.1, 0.15) is 0 Å². The lowest BCUT2D eigenvalue weighted by Gasteiger charge is -2.30. The summed E-state index contributed by atoms with van der Waals surface area (Å²) in [5.41, 5.74) is 3.48. The molecule has 1 atom stereocenters. The van der Waals surface area contributed by atoms with Crippen LogP contribution in [0.4, 0.5) is 0 Å². The van der Waals surface area contributed by atoms with E-state index in [1.54, 1.807) is 0 Å². The average Bonchev–Trinajstić information content (AvgIpc) is 2.22. The average molecular weight is 235 g/mol. The standard InChI is InChI=1S/C14H17ClN/c1-10-4-7-14(16(3)9-10)12-6-5-11(2)13(15)8-12/h5-8,10H,3-4,9H2,1-2H3. The number of nitrogens with zero attached hydrogens (tertiary/aromatic N) is 1. The number of hydrogen-bond acceptors (Lipinski definition) is 1. The van der Waals surface area contributed by atoms with Gasteiger partial charge in [0, 0.05) is 24.3 Å². The Kier molecular flexibility index (Phi) is 3.25. The van der Waals surface area contributed by atoms with Gasteiger partial charge in [0.05, 0.1) is 0 Å². The van der Waals surface area contributed by atoms with Crippen LogP contribution in [0.25, 0.3) is 5.70 Å². The molecule has 1 heterocycles. The van der Waals surface area contributed by atoms with Crippen LogP contribution in [-0.4, -0.2) is 11.4 Å². The first-order valence-corrected chi connectivity index (χ1v) is 6.00. The van der Waals surface area contributed by atoms with Crippen LogP contribution in [0.15, 0.2) is 24.3 Å². The molecule has 1 radical (unpaired) electrons. The maximum absolute atomic E-state index is 6.14. The van der Waals surface area contributed by atoms with Crippen molar-refractivity contribution < 1.29 is 0 Å². The molecular weight excluding hydrogens is 218 g/mol. The van der Waals surface area contributed by atoms with Crippen LogP contribution in [0.1, 0.15) is 24.5 Å². The van der Waals surface area contributed by atoms with Crippen LogP contribution in [0, 0.1) is 19.9 Å². The van der Waals surface area contributed by atoms with Crippen molar-refractivity contribution in [1.29, 1.82) is 0 Å². The van der Waals surface area contributed by atoms with Gasteiger partial charge in [-0.05, 0) is 36.5 Å². The van der Waals surface area contributed by atoms with Crippen molar-refractivity contribution in [2.75, 3.05) is 6.54 Å². The SMILES string of the molecule is [CH2]N1CC(C)CC=C1c1ccc(C)c(Cl)c1. The third-order valence-corrected chi connectivity index (χ3v) is 3.46. The lowest BCUT2D eigenvalue weighted by molar-refractivity contribution is 0.395. The highest BCUT2D eigenvalue weighted by atomic mass is 35.5. The van der Waals surface area contributed by atoms with Crippen LogP contribution in [-0.2, 0) is 0 Å². The summed E-state index contributed by atoms with van der Waals surface area (Å²) in [7, 11) is 4.08. The lowest BCUT2D eigenvalue weighted by atomic mass is 9.98. The molecular formula is C14H17ClN. The van der Waals surface area contributed by atoms with E-state index in [0.29, 0.717) is 5.92 Å². The van der Waals surface area contributed by atoms with E-state index in [1.165, 1.54) is 5.70 Å². The summed E-state index contributed by atoms with van der Waals surface area (Å²) < 4.78 is 0. The van der Waals surface area contributed by atoms with Gasteiger partial charge in [0.2, 0.25) is 0 Å². The normalized spacial score (nSPS) is 20.9. The number of hydrogen-bond donors (Lipinski definition) is 0.